The van der Waals surface area contributed by atoms with Gasteiger partial charge in [-0.1, -0.05) is 13.8 Å². The zero-order valence-corrected chi connectivity index (χ0v) is 14.9. The minimum atomic E-state index is -2.91. The van der Waals surface area contributed by atoms with Gasteiger partial charge in [-0.25, -0.2) is 0 Å². The second kappa shape index (κ2) is 7.27. The Bertz CT molecular complexity index is 290. The van der Waals surface area contributed by atoms with Crippen LogP contribution < -0.4 is 0 Å². The van der Waals surface area contributed by atoms with Crippen LogP contribution in [0.4, 0.5) is 0 Å². The van der Waals surface area contributed by atoms with Crippen molar-refractivity contribution in [1.29, 1.82) is 0 Å². The summed E-state index contributed by atoms with van der Waals surface area (Å²) in [6.07, 6.45) is 0.653. The Morgan fingerprint density at radius 3 is 2.37 bits per heavy atom. The molecule has 0 aromatic carbocycles. The SMILES string of the molecule is CCC(OC(C)[Si](Cl)(Cl)Cl)OC1(CC)OCC(C)O1. The lowest BCUT2D eigenvalue weighted by Gasteiger charge is -2.32. The first-order valence-electron chi connectivity index (χ1n) is 6.44. The number of ether oxygens (including phenoxy) is 4. The molecule has 0 aromatic rings. The van der Waals surface area contributed by atoms with E-state index in [0.717, 1.165) is 0 Å². The van der Waals surface area contributed by atoms with Crippen LogP contribution in [0.15, 0.2) is 0 Å². The molecular formula is C11H21Cl3O4Si. The molecule has 1 saturated heterocycles. The Kier molecular flexibility index (Phi) is 6.88. The van der Waals surface area contributed by atoms with E-state index in [4.69, 9.17) is 52.2 Å². The molecule has 19 heavy (non-hydrogen) atoms. The first-order chi connectivity index (χ1) is 8.72. The molecule has 0 aliphatic carbocycles. The molecule has 0 radical (unpaired) electrons. The molecule has 4 nitrogen and oxygen atoms in total. The molecule has 0 saturated carbocycles. The van der Waals surface area contributed by atoms with E-state index in [1.807, 2.05) is 20.8 Å². The van der Waals surface area contributed by atoms with Gasteiger partial charge in [0.2, 0.25) is 0 Å². The Balaban J connectivity index is 2.61. The van der Waals surface area contributed by atoms with Crippen LogP contribution >= 0.6 is 33.2 Å². The van der Waals surface area contributed by atoms with Crippen molar-refractivity contribution in [3.8, 4) is 0 Å². The fraction of sp³-hybridized carbons (Fsp3) is 1.00. The maximum atomic E-state index is 5.92. The van der Waals surface area contributed by atoms with Gasteiger partial charge in [0.15, 0.2) is 6.29 Å². The zero-order chi connectivity index (χ0) is 14.7. The van der Waals surface area contributed by atoms with Crippen LogP contribution in [0, 0.1) is 0 Å². The number of halogens is 3. The maximum Gasteiger partial charge on any atom is 0.368 e. The lowest BCUT2D eigenvalue weighted by atomic mass is 10.4. The highest BCUT2D eigenvalue weighted by atomic mass is 35.8. The molecule has 0 N–H and O–H groups in total. The normalized spacial score (nSPS) is 31.4. The Morgan fingerprint density at radius 1 is 1.37 bits per heavy atom. The molecule has 1 aliphatic rings. The summed E-state index contributed by atoms with van der Waals surface area (Å²) in [5.41, 5.74) is -0.463. The van der Waals surface area contributed by atoms with Crippen molar-refractivity contribution in [1.82, 2.24) is 0 Å². The third kappa shape index (κ3) is 5.32. The first kappa shape index (κ1) is 18.0. The third-order valence-corrected chi connectivity index (χ3v) is 6.64. The highest BCUT2D eigenvalue weighted by molar-refractivity contribution is 7.65. The second-order valence-corrected chi connectivity index (χ2v) is 13.6. The van der Waals surface area contributed by atoms with Crippen molar-refractivity contribution in [2.24, 2.45) is 0 Å². The largest absolute Gasteiger partial charge is 0.368 e. The smallest absolute Gasteiger partial charge is 0.349 e. The molecular weight excluding hydrogens is 331 g/mol. The monoisotopic (exact) mass is 350 g/mol. The Labute approximate surface area is 129 Å². The first-order valence-corrected chi connectivity index (χ1v) is 11.6. The lowest BCUT2D eigenvalue weighted by molar-refractivity contribution is -0.387. The fourth-order valence-corrected chi connectivity index (χ4v) is 2.43. The lowest BCUT2D eigenvalue weighted by Crippen LogP contribution is -2.42. The van der Waals surface area contributed by atoms with Crippen LogP contribution in [0.3, 0.4) is 0 Å². The molecule has 1 heterocycles. The van der Waals surface area contributed by atoms with E-state index in [1.54, 1.807) is 6.92 Å². The molecule has 0 amide bonds. The Hall–Kier alpha value is 0.927. The third-order valence-electron chi connectivity index (χ3n) is 2.81. The van der Waals surface area contributed by atoms with E-state index in [0.29, 0.717) is 19.4 Å². The van der Waals surface area contributed by atoms with Gasteiger partial charge in [-0.3, -0.25) is 4.74 Å². The van der Waals surface area contributed by atoms with Gasteiger partial charge in [0.1, 0.15) is 0 Å². The number of rotatable bonds is 7. The van der Waals surface area contributed by atoms with Crippen molar-refractivity contribution in [2.75, 3.05) is 6.61 Å². The van der Waals surface area contributed by atoms with Crippen molar-refractivity contribution in [2.45, 2.75) is 64.6 Å². The van der Waals surface area contributed by atoms with E-state index in [-0.39, 0.29) is 6.10 Å². The van der Waals surface area contributed by atoms with Gasteiger partial charge in [-0.05, 0) is 20.3 Å². The summed E-state index contributed by atoms with van der Waals surface area (Å²) in [4.78, 5) is 0. The topological polar surface area (TPSA) is 36.9 Å². The quantitative estimate of drug-likeness (QED) is 0.397. The van der Waals surface area contributed by atoms with Gasteiger partial charge in [0.25, 0.3) is 5.97 Å². The number of hydrogen-bond donors (Lipinski definition) is 0. The van der Waals surface area contributed by atoms with E-state index in [9.17, 15) is 0 Å². The fourth-order valence-electron chi connectivity index (χ4n) is 1.66. The van der Waals surface area contributed by atoms with Gasteiger partial charge in [-0.15, -0.1) is 33.2 Å². The van der Waals surface area contributed by atoms with Crippen LogP contribution in [0.2, 0.25) is 0 Å². The van der Waals surface area contributed by atoms with Crippen LogP contribution in [-0.2, 0) is 18.9 Å². The predicted octanol–water partition coefficient (Wildman–Crippen LogP) is 3.84. The predicted molar refractivity (Wildman–Crippen MR) is 78.5 cm³/mol. The van der Waals surface area contributed by atoms with Gasteiger partial charge >= 0.3 is 6.00 Å². The summed E-state index contributed by atoms with van der Waals surface area (Å²) in [5, 5.41) is 0. The van der Waals surface area contributed by atoms with E-state index >= 15 is 0 Å². The Morgan fingerprint density at radius 2 is 2.00 bits per heavy atom. The average Bonchev–Trinajstić information content (AvgIpc) is 2.69. The summed E-state index contributed by atoms with van der Waals surface area (Å²) >= 11 is 17.8. The molecule has 1 rings (SSSR count). The van der Waals surface area contributed by atoms with Crippen molar-refractivity contribution >= 4 is 39.2 Å². The van der Waals surface area contributed by atoms with Crippen LogP contribution in [0.25, 0.3) is 0 Å². The van der Waals surface area contributed by atoms with Crippen molar-refractivity contribution in [3.63, 3.8) is 0 Å². The van der Waals surface area contributed by atoms with Crippen LogP contribution in [0.1, 0.15) is 40.5 Å². The van der Waals surface area contributed by atoms with E-state index in [2.05, 4.69) is 0 Å². The molecule has 4 unspecified atom stereocenters. The highest BCUT2D eigenvalue weighted by Crippen LogP contribution is 2.32. The maximum absolute atomic E-state index is 5.92. The zero-order valence-electron chi connectivity index (χ0n) is 11.6. The summed E-state index contributed by atoms with van der Waals surface area (Å²) < 4.78 is 22.8. The molecule has 114 valence electrons. The summed E-state index contributed by atoms with van der Waals surface area (Å²) in [6.45, 7) is 8.03. The van der Waals surface area contributed by atoms with Gasteiger partial charge in [0.05, 0.1) is 18.4 Å². The summed E-state index contributed by atoms with van der Waals surface area (Å²) in [7, 11) is 0. The molecule has 1 fully saturated rings. The number of hydrogen-bond acceptors (Lipinski definition) is 4. The standard InChI is InChI=1S/C11H21Cl3O4Si/c1-5-10(16-9(4)19(12,13)14)18-11(6-2)15-7-8(3)17-11/h8-10H,5-7H2,1-4H3. The van der Waals surface area contributed by atoms with Gasteiger partial charge < -0.3 is 14.2 Å². The highest BCUT2D eigenvalue weighted by Gasteiger charge is 2.43. The molecule has 0 aromatic heterocycles. The minimum Gasteiger partial charge on any atom is -0.349 e. The van der Waals surface area contributed by atoms with Crippen LogP contribution in [-0.4, -0.2) is 36.7 Å². The van der Waals surface area contributed by atoms with Crippen molar-refractivity contribution < 1.29 is 18.9 Å². The molecule has 4 atom stereocenters. The molecule has 0 spiro atoms. The second-order valence-electron chi connectivity index (χ2n) is 4.55. The molecule has 8 heteroatoms. The summed E-state index contributed by atoms with van der Waals surface area (Å²) in [5.74, 6) is -1.05. The van der Waals surface area contributed by atoms with E-state index in [1.165, 1.54) is 0 Å². The van der Waals surface area contributed by atoms with Crippen molar-refractivity contribution in [3.05, 3.63) is 0 Å². The summed E-state index contributed by atoms with van der Waals surface area (Å²) in [6, 6.07) is -2.91. The molecule has 0 bridgehead atoms. The van der Waals surface area contributed by atoms with E-state index < -0.39 is 24.0 Å². The minimum absolute atomic E-state index is 0.00238. The van der Waals surface area contributed by atoms with Gasteiger partial charge in [0, 0.05) is 6.42 Å². The van der Waals surface area contributed by atoms with Crippen LogP contribution in [0.5, 0.6) is 0 Å². The molecule has 1 aliphatic heterocycles. The van der Waals surface area contributed by atoms with Gasteiger partial charge in [-0.2, -0.15) is 0 Å². The average molecular weight is 352 g/mol.